The van der Waals surface area contributed by atoms with Crippen LogP contribution in [0.2, 0.25) is 0 Å². The summed E-state index contributed by atoms with van der Waals surface area (Å²) >= 11 is 3.31. The zero-order chi connectivity index (χ0) is 15.6. The normalized spacial score (nSPS) is 15.5. The Morgan fingerprint density at radius 1 is 1.30 bits per heavy atom. The van der Waals surface area contributed by atoms with Crippen LogP contribution in [-0.4, -0.2) is 15.2 Å². The van der Waals surface area contributed by atoms with E-state index >= 15 is 0 Å². The number of hydrogen-bond donors (Lipinski definition) is 0. The third-order valence-corrected chi connectivity index (χ3v) is 6.02. The predicted molar refractivity (Wildman–Crippen MR) is 89.6 cm³/mol. The van der Waals surface area contributed by atoms with Crippen molar-refractivity contribution in [1.29, 1.82) is 0 Å². The molecule has 0 amide bonds. The quantitative estimate of drug-likeness (QED) is 0.602. The van der Waals surface area contributed by atoms with E-state index < -0.39 is 0 Å². The first-order valence-electron chi connectivity index (χ1n) is 7.74. The van der Waals surface area contributed by atoms with Crippen LogP contribution >= 0.6 is 23.1 Å². The molecule has 0 saturated heterocycles. The molecular formula is C16H17N3O2S2. The average molecular weight is 347 g/mol. The Kier molecular flexibility index (Phi) is 4.22. The van der Waals surface area contributed by atoms with E-state index in [1.165, 1.54) is 42.5 Å². The van der Waals surface area contributed by atoms with Crippen molar-refractivity contribution in [2.45, 2.75) is 49.5 Å². The van der Waals surface area contributed by atoms with Crippen LogP contribution in [0.15, 0.2) is 31.8 Å². The Morgan fingerprint density at radius 2 is 2.17 bits per heavy atom. The lowest BCUT2D eigenvalue weighted by Gasteiger charge is -2.02. The van der Waals surface area contributed by atoms with E-state index in [2.05, 4.69) is 15.6 Å². The van der Waals surface area contributed by atoms with Crippen LogP contribution in [0, 0.1) is 6.92 Å². The van der Waals surface area contributed by atoms with E-state index in [0.29, 0.717) is 17.0 Å². The first-order valence-corrected chi connectivity index (χ1v) is 9.61. The molecule has 5 nitrogen and oxygen atoms in total. The molecule has 0 atom stereocenters. The van der Waals surface area contributed by atoms with Crippen LogP contribution in [-0.2, 0) is 5.75 Å². The first-order chi connectivity index (χ1) is 11.3. The van der Waals surface area contributed by atoms with Crippen molar-refractivity contribution < 1.29 is 8.83 Å². The molecule has 23 heavy (non-hydrogen) atoms. The number of thioether (sulfide) groups is 1. The molecule has 0 unspecified atom stereocenters. The Hall–Kier alpha value is -1.60. The maximum absolute atomic E-state index is 5.69. The number of thiazole rings is 1. The van der Waals surface area contributed by atoms with Gasteiger partial charge in [0.1, 0.15) is 5.76 Å². The SMILES string of the molecule is Cc1occc1-c1nnc(SCc2csc(C3CCCC3)n2)o1. The lowest BCUT2D eigenvalue weighted by Crippen LogP contribution is -1.91. The summed E-state index contributed by atoms with van der Waals surface area (Å²) < 4.78 is 11.0. The minimum atomic E-state index is 0.503. The number of aryl methyl sites for hydroxylation is 1. The van der Waals surface area contributed by atoms with Crippen molar-refractivity contribution in [3.63, 3.8) is 0 Å². The Balaban J connectivity index is 1.40. The second-order valence-electron chi connectivity index (χ2n) is 5.71. The fraction of sp³-hybridized carbons (Fsp3) is 0.438. The van der Waals surface area contributed by atoms with Gasteiger partial charge in [0.25, 0.3) is 11.1 Å². The van der Waals surface area contributed by atoms with Gasteiger partial charge in [-0.15, -0.1) is 21.5 Å². The van der Waals surface area contributed by atoms with Crippen molar-refractivity contribution >= 4 is 23.1 Å². The van der Waals surface area contributed by atoms with Crippen molar-refractivity contribution in [2.24, 2.45) is 0 Å². The lowest BCUT2D eigenvalue weighted by atomic mass is 10.1. The first kappa shape index (κ1) is 15.0. The summed E-state index contributed by atoms with van der Waals surface area (Å²) in [4.78, 5) is 4.77. The highest BCUT2D eigenvalue weighted by atomic mass is 32.2. The molecule has 0 spiro atoms. The maximum atomic E-state index is 5.69. The van der Waals surface area contributed by atoms with Gasteiger partial charge in [-0.2, -0.15) is 0 Å². The highest BCUT2D eigenvalue weighted by Crippen LogP contribution is 2.36. The monoisotopic (exact) mass is 347 g/mol. The van der Waals surface area contributed by atoms with E-state index in [4.69, 9.17) is 13.8 Å². The standard InChI is InChI=1S/C16H17N3O2S2/c1-10-13(6-7-20-10)14-18-19-16(21-14)23-9-12-8-22-15(17-12)11-4-2-3-5-11/h6-8,11H,2-5,9H2,1H3. The van der Waals surface area contributed by atoms with Gasteiger partial charge in [0, 0.05) is 17.1 Å². The number of furan rings is 1. The second kappa shape index (κ2) is 6.49. The fourth-order valence-electron chi connectivity index (χ4n) is 2.87. The molecule has 3 aromatic heterocycles. The van der Waals surface area contributed by atoms with Crippen LogP contribution < -0.4 is 0 Å². The van der Waals surface area contributed by atoms with Crippen LogP contribution in [0.5, 0.6) is 0 Å². The largest absolute Gasteiger partial charge is 0.469 e. The molecule has 3 heterocycles. The highest BCUT2D eigenvalue weighted by molar-refractivity contribution is 7.98. The maximum Gasteiger partial charge on any atom is 0.277 e. The molecule has 0 radical (unpaired) electrons. The third-order valence-electron chi connectivity index (χ3n) is 4.11. The Labute approximate surface area is 142 Å². The second-order valence-corrected chi connectivity index (χ2v) is 7.53. The van der Waals surface area contributed by atoms with Gasteiger partial charge in [-0.3, -0.25) is 0 Å². The minimum Gasteiger partial charge on any atom is -0.469 e. The van der Waals surface area contributed by atoms with Gasteiger partial charge in [0.05, 0.1) is 22.5 Å². The molecular weight excluding hydrogens is 330 g/mol. The summed E-state index contributed by atoms with van der Waals surface area (Å²) in [6.45, 7) is 1.88. The molecule has 1 saturated carbocycles. The molecule has 0 bridgehead atoms. The summed E-state index contributed by atoms with van der Waals surface area (Å²) in [6.07, 6.45) is 6.88. The molecule has 1 aliphatic rings. The fourth-order valence-corrected chi connectivity index (χ4v) is 4.62. The summed E-state index contributed by atoms with van der Waals surface area (Å²) in [5.74, 6) is 2.72. The molecule has 3 aromatic rings. The van der Waals surface area contributed by atoms with Crippen LogP contribution in [0.25, 0.3) is 11.5 Å². The van der Waals surface area contributed by atoms with Crippen LogP contribution in [0.3, 0.4) is 0 Å². The molecule has 1 fully saturated rings. The van der Waals surface area contributed by atoms with Crippen LogP contribution in [0.1, 0.15) is 48.1 Å². The number of nitrogens with zero attached hydrogens (tertiary/aromatic N) is 3. The number of rotatable bonds is 5. The zero-order valence-corrected chi connectivity index (χ0v) is 14.5. The molecule has 120 valence electrons. The van der Waals surface area contributed by atoms with Gasteiger partial charge in [0.2, 0.25) is 0 Å². The molecule has 7 heteroatoms. The number of aromatic nitrogens is 3. The molecule has 0 N–H and O–H groups in total. The minimum absolute atomic E-state index is 0.503. The topological polar surface area (TPSA) is 65.0 Å². The average Bonchev–Trinajstić information content (AvgIpc) is 3.32. The summed E-state index contributed by atoms with van der Waals surface area (Å²) in [7, 11) is 0. The summed E-state index contributed by atoms with van der Waals surface area (Å²) in [6, 6.07) is 1.84. The van der Waals surface area contributed by atoms with Crippen molar-refractivity contribution in [1.82, 2.24) is 15.2 Å². The van der Waals surface area contributed by atoms with E-state index in [1.54, 1.807) is 17.6 Å². The van der Waals surface area contributed by atoms with E-state index in [9.17, 15) is 0 Å². The van der Waals surface area contributed by atoms with Gasteiger partial charge >= 0.3 is 0 Å². The van der Waals surface area contributed by atoms with Gasteiger partial charge < -0.3 is 8.83 Å². The predicted octanol–water partition coefficient (Wildman–Crippen LogP) is 5.04. The van der Waals surface area contributed by atoms with Gasteiger partial charge in [-0.1, -0.05) is 24.6 Å². The summed E-state index contributed by atoms with van der Waals surface area (Å²) in [5, 5.41) is 12.2. The lowest BCUT2D eigenvalue weighted by molar-refractivity contribution is 0.463. The van der Waals surface area contributed by atoms with E-state index in [0.717, 1.165) is 22.8 Å². The smallest absolute Gasteiger partial charge is 0.277 e. The zero-order valence-electron chi connectivity index (χ0n) is 12.8. The Bertz CT molecular complexity index is 787. The summed E-state index contributed by atoms with van der Waals surface area (Å²) in [5.41, 5.74) is 1.95. The van der Waals surface area contributed by atoms with Gasteiger partial charge in [-0.05, 0) is 25.8 Å². The molecule has 1 aliphatic carbocycles. The van der Waals surface area contributed by atoms with Gasteiger partial charge in [-0.25, -0.2) is 4.98 Å². The highest BCUT2D eigenvalue weighted by Gasteiger charge is 2.20. The number of hydrogen-bond acceptors (Lipinski definition) is 7. The Morgan fingerprint density at radius 3 is 2.96 bits per heavy atom. The molecule has 0 aromatic carbocycles. The third kappa shape index (κ3) is 3.21. The molecule has 4 rings (SSSR count). The molecule has 0 aliphatic heterocycles. The van der Waals surface area contributed by atoms with Crippen LogP contribution in [0.4, 0.5) is 0 Å². The van der Waals surface area contributed by atoms with E-state index in [-0.39, 0.29) is 0 Å². The van der Waals surface area contributed by atoms with Crippen molar-refractivity contribution in [2.75, 3.05) is 0 Å². The van der Waals surface area contributed by atoms with E-state index in [1.807, 2.05) is 13.0 Å². The van der Waals surface area contributed by atoms with Crippen molar-refractivity contribution in [3.05, 3.63) is 34.2 Å². The van der Waals surface area contributed by atoms with Gasteiger partial charge in [0.15, 0.2) is 0 Å². The van der Waals surface area contributed by atoms with Crippen molar-refractivity contribution in [3.8, 4) is 11.5 Å².